The summed E-state index contributed by atoms with van der Waals surface area (Å²) in [5.41, 5.74) is 2.48. The van der Waals surface area contributed by atoms with Gasteiger partial charge >= 0.3 is 0 Å². The van der Waals surface area contributed by atoms with Crippen molar-refractivity contribution in [3.63, 3.8) is 0 Å². The number of phenols is 1. The molecule has 3 aromatic carbocycles. The van der Waals surface area contributed by atoms with Gasteiger partial charge in [0.15, 0.2) is 5.75 Å². The highest BCUT2D eigenvalue weighted by atomic mass is 16.5. The number of benzene rings is 3. The lowest BCUT2D eigenvalue weighted by atomic mass is 9.99. The van der Waals surface area contributed by atoms with Gasteiger partial charge in [0.1, 0.15) is 17.0 Å². The molecule has 0 radical (unpaired) electrons. The molecule has 5 rings (SSSR count). The van der Waals surface area contributed by atoms with Crippen molar-refractivity contribution in [2.75, 3.05) is 14.2 Å². The second-order valence-electron chi connectivity index (χ2n) is 7.02. The summed E-state index contributed by atoms with van der Waals surface area (Å²) in [6.07, 6.45) is 0. The van der Waals surface area contributed by atoms with E-state index in [-0.39, 0.29) is 11.1 Å². The van der Waals surface area contributed by atoms with Crippen LogP contribution in [0.15, 0.2) is 47.3 Å². The lowest BCUT2D eigenvalue weighted by molar-refractivity contribution is 0.416. The number of nitrogens with zero attached hydrogens (tertiary/aromatic N) is 1. The molecule has 0 amide bonds. The number of phenolic OH excluding ortho intramolecular Hbond substituents is 1. The molecule has 0 fully saturated rings. The van der Waals surface area contributed by atoms with Crippen LogP contribution >= 0.6 is 0 Å². The zero-order chi connectivity index (χ0) is 20.3. The number of aromatic hydroxyl groups is 1. The standard InChI is InChI=1S/C23H18N2O4/c1-11-8-9-13-15(10-11)24-19-18(21(13)28-2)20(26)17-16(22(19)29-3)12-6-4-5-7-14(12)25-23(17)27/h4-10,26H,1-3H3,(H,25,27). The van der Waals surface area contributed by atoms with E-state index in [1.165, 1.54) is 14.2 Å². The molecular weight excluding hydrogens is 368 g/mol. The Bertz CT molecular complexity index is 1520. The monoisotopic (exact) mass is 386 g/mol. The van der Waals surface area contributed by atoms with Crippen LogP contribution in [0.4, 0.5) is 0 Å². The van der Waals surface area contributed by atoms with Crippen molar-refractivity contribution in [3.05, 3.63) is 58.4 Å². The van der Waals surface area contributed by atoms with Gasteiger partial charge in [0.25, 0.3) is 5.56 Å². The van der Waals surface area contributed by atoms with Crippen LogP contribution in [-0.2, 0) is 0 Å². The number of ether oxygens (including phenoxy) is 2. The van der Waals surface area contributed by atoms with Gasteiger partial charge in [0.05, 0.1) is 30.5 Å². The topological polar surface area (TPSA) is 84.4 Å². The van der Waals surface area contributed by atoms with Crippen LogP contribution in [0.5, 0.6) is 17.2 Å². The summed E-state index contributed by atoms with van der Waals surface area (Å²) in [4.78, 5) is 20.5. The summed E-state index contributed by atoms with van der Waals surface area (Å²) in [5.74, 6) is 0.710. The third-order valence-electron chi connectivity index (χ3n) is 5.34. The summed E-state index contributed by atoms with van der Waals surface area (Å²) >= 11 is 0. The number of H-pyrrole nitrogens is 1. The molecule has 0 bridgehead atoms. The lowest BCUT2D eigenvalue weighted by Gasteiger charge is -2.17. The number of rotatable bonds is 2. The lowest BCUT2D eigenvalue weighted by Crippen LogP contribution is -2.08. The highest BCUT2D eigenvalue weighted by molar-refractivity contribution is 6.21. The van der Waals surface area contributed by atoms with Gasteiger partial charge in [-0.05, 0) is 30.7 Å². The van der Waals surface area contributed by atoms with E-state index in [0.29, 0.717) is 33.3 Å². The smallest absolute Gasteiger partial charge is 0.260 e. The van der Waals surface area contributed by atoms with E-state index in [4.69, 9.17) is 14.5 Å². The molecule has 2 aromatic heterocycles. The number of aromatic nitrogens is 2. The molecule has 0 spiro atoms. The molecule has 0 saturated heterocycles. The van der Waals surface area contributed by atoms with E-state index in [9.17, 15) is 9.90 Å². The second kappa shape index (κ2) is 6.10. The fourth-order valence-electron chi connectivity index (χ4n) is 4.09. The maximum Gasteiger partial charge on any atom is 0.260 e. The van der Waals surface area contributed by atoms with Crippen LogP contribution in [0.1, 0.15) is 5.56 Å². The molecule has 0 unspecified atom stereocenters. The summed E-state index contributed by atoms with van der Waals surface area (Å²) < 4.78 is 11.4. The van der Waals surface area contributed by atoms with E-state index in [1.807, 2.05) is 49.4 Å². The minimum absolute atomic E-state index is 0.152. The molecule has 0 atom stereocenters. The number of hydrogen-bond acceptors (Lipinski definition) is 5. The van der Waals surface area contributed by atoms with Crippen molar-refractivity contribution < 1.29 is 14.6 Å². The molecule has 6 heteroatoms. The highest BCUT2D eigenvalue weighted by Gasteiger charge is 2.24. The van der Waals surface area contributed by atoms with Crippen LogP contribution in [0, 0.1) is 6.92 Å². The van der Waals surface area contributed by atoms with Crippen LogP contribution in [-0.4, -0.2) is 29.3 Å². The van der Waals surface area contributed by atoms with Gasteiger partial charge in [0, 0.05) is 21.7 Å². The van der Waals surface area contributed by atoms with E-state index in [1.54, 1.807) is 0 Å². The third kappa shape index (κ3) is 2.29. The predicted molar refractivity (Wildman–Crippen MR) is 114 cm³/mol. The number of hydrogen-bond donors (Lipinski definition) is 2. The van der Waals surface area contributed by atoms with Gasteiger partial charge in [-0.2, -0.15) is 0 Å². The van der Waals surface area contributed by atoms with Gasteiger partial charge in [0.2, 0.25) is 0 Å². The van der Waals surface area contributed by atoms with E-state index in [0.717, 1.165) is 21.9 Å². The average Bonchev–Trinajstić information content (AvgIpc) is 2.72. The number of pyridine rings is 2. The molecule has 0 aliphatic rings. The first-order chi connectivity index (χ1) is 14.0. The first-order valence-electron chi connectivity index (χ1n) is 9.17. The van der Waals surface area contributed by atoms with Gasteiger partial charge in [-0.1, -0.05) is 24.3 Å². The first-order valence-corrected chi connectivity index (χ1v) is 9.17. The van der Waals surface area contributed by atoms with Gasteiger partial charge in [-0.25, -0.2) is 4.98 Å². The molecule has 5 aromatic rings. The van der Waals surface area contributed by atoms with Crippen LogP contribution in [0.3, 0.4) is 0 Å². The van der Waals surface area contributed by atoms with E-state index in [2.05, 4.69) is 4.98 Å². The Hall–Kier alpha value is -3.80. The van der Waals surface area contributed by atoms with E-state index < -0.39 is 5.56 Å². The molecule has 29 heavy (non-hydrogen) atoms. The molecular formula is C23H18N2O4. The Morgan fingerprint density at radius 2 is 1.69 bits per heavy atom. The maximum absolute atomic E-state index is 12.9. The Morgan fingerprint density at radius 3 is 2.45 bits per heavy atom. The highest BCUT2D eigenvalue weighted by Crippen LogP contribution is 2.47. The molecule has 6 nitrogen and oxygen atoms in total. The molecule has 2 N–H and O–H groups in total. The third-order valence-corrected chi connectivity index (χ3v) is 5.34. The fraction of sp³-hybridized carbons (Fsp3) is 0.130. The zero-order valence-electron chi connectivity index (χ0n) is 16.2. The number of aromatic amines is 1. The van der Waals surface area contributed by atoms with E-state index >= 15 is 0 Å². The average molecular weight is 386 g/mol. The summed E-state index contributed by atoms with van der Waals surface area (Å²) in [7, 11) is 3.07. The Labute approximate surface area is 165 Å². The number of nitrogens with one attached hydrogen (secondary N) is 1. The predicted octanol–water partition coefficient (Wildman–Crippen LogP) is 4.41. The molecule has 0 aliphatic carbocycles. The minimum Gasteiger partial charge on any atom is -0.506 e. The van der Waals surface area contributed by atoms with Gasteiger partial charge < -0.3 is 19.6 Å². The van der Waals surface area contributed by atoms with Crippen LogP contribution < -0.4 is 15.0 Å². The Balaban J connectivity index is 2.17. The summed E-state index contributed by atoms with van der Waals surface area (Å²) in [6, 6.07) is 13.2. The number of fused-ring (bicyclic) bond motifs is 5. The van der Waals surface area contributed by atoms with Crippen LogP contribution in [0.2, 0.25) is 0 Å². The van der Waals surface area contributed by atoms with Crippen molar-refractivity contribution in [1.82, 2.24) is 9.97 Å². The Kier molecular flexibility index (Phi) is 3.64. The maximum atomic E-state index is 12.9. The van der Waals surface area contributed by atoms with Crippen molar-refractivity contribution >= 4 is 43.5 Å². The Morgan fingerprint density at radius 1 is 0.931 bits per heavy atom. The molecule has 144 valence electrons. The SMILES string of the molecule is COc1c2ccc(C)cc2nc2c(OC)c3c(c(O)c12)c(=O)[nH]c1ccccc13. The normalized spacial score (nSPS) is 11.6. The minimum atomic E-state index is -0.401. The second-order valence-corrected chi connectivity index (χ2v) is 7.02. The largest absolute Gasteiger partial charge is 0.506 e. The zero-order valence-corrected chi connectivity index (χ0v) is 16.2. The molecule has 0 aliphatic heterocycles. The number of methoxy groups -OCH3 is 2. The van der Waals surface area contributed by atoms with Crippen molar-refractivity contribution in [2.24, 2.45) is 0 Å². The fourth-order valence-corrected chi connectivity index (χ4v) is 4.09. The number of para-hydroxylation sites is 1. The molecule has 2 heterocycles. The van der Waals surface area contributed by atoms with Crippen molar-refractivity contribution in [1.29, 1.82) is 0 Å². The van der Waals surface area contributed by atoms with Crippen molar-refractivity contribution in [3.8, 4) is 17.2 Å². The van der Waals surface area contributed by atoms with Crippen molar-refractivity contribution in [2.45, 2.75) is 6.92 Å². The van der Waals surface area contributed by atoms with Gasteiger partial charge in [-0.3, -0.25) is 4.79 Å². The van der Waals surface area contributed by atoms with Crippen LogP contribution in [0.25, 0.3) is 43.5 Å². The summed E-state index contributed by atoms with van der Waals surface area (Å²) in [6.45, 7) is 1.99. The first kappa shape index (κ1) is 17.3. The summed E-state index contributed by atoms with van der Waals surface area (Å²) in [5, 5.41) is 13.7. The van der Waals surface area contributed by atoms with Gasteiger partial charge in [-0.15, -0.1) is 0 Å². The quantitative estimate of drug-likeness (QED) is 0.347. The molecule has 0 saturated carbocycles. The number of aryl methyl sites for hydroxylation is 1.